The van der Waals surface area contributed by atoms with Crippen LogP contribution in [0.3, 0.4) is 0 Å². The third kappa shape index (κ3) is 2.87. The van der Waals surface area contributed by atoms with E-state index in [4.69, 9.17) is 0 Å². The molecule has 0 aliphatic heterocycles. The van der Waals surface area contributed by atoms with Crippen LogP contribution in [0.4, 0.5) is 5.69 Å². The third-order valence-electron chi connectivity index (χ3n) is 3.49. The van der Waals surface area contributed by atoms with Gasteiger partial charge in [-0.2, -0.15) is 0 Å². The maximum atomic E-state index is 12.4. The quantitative estimate of drug-likeness (QED) is 0.760. The highest BCUT2D eigenvalue weighted by Gasteiger charge is 2.13. The van der Waals surface area contributed by atoms with Crippen molar-refractivity contribution >= 4 is 23.1 Å². The monoisotopic (exact) mass is 322 g/mol. The molecule has 2 amide bonds. The average molecular weight is 322 g/mol. The van der Waals surface area contributed by atoms with Crippen LogP contribution in [0.5, 0.6) is 0 Å². The van der Waals surface area contributed by atoms with E-state index < -0.39 is 11.5 Å². The molecule has 3 aromatic rings. The van der Waals surface area contributed by atoms with E-state index in [1.807, 2.05) is 0 Å². The van der Waals surface area contributed by atoms with Crippen LogP contribution in [0.1, 0.15) is 20.7 Å². The fourth-order valence-corrected chi connectivity index (χ4v) is 2.23. The van der Waals surface area contributed by atoms with E-state index in [0.29, 0.717) is 16.9 Å². The van der Waals surface area contributed by atoms with Crippen molar-refractivity contribution in [2.75, 3.05) is 12.4 Å². The number of carbonyl (C=O) groups is 2. The number of hydrogen-bond acceptors (Lipinski definition) is 4. The summed E-state index contributed by atoms with van der Waals surface area (Å²) in [6, 6.07) is 11.5. The molecule has 24 heavy (non-hydrogen) atoms. The summed E-state index contributed by atoms with van der Waals surface area (Å²) >= 11 is 0. The van der Waals surface area contributed by atoms with Crippen molar-refractivity contribution in [2.24, 2.45) is 0 Å². The van der Waals surface area contributed by atoms with Crippen molar-refractivity contribution < 1.29 is 9.59 Å². The number of nitrogens with one attached hydrogen (secondary N) is 2. The molecular weight excluding hydrogens is 308 g/mol. The lowest BCUT2D eigenvalue weighted by molar-refractivity contribution is 0.0962. The Bertz CT molecular complexity index is 977. The second-order valence-electron chi connectivity index (χ2n) is 5.02. The van der Waals surface area contributed by atoms with Gasteiger partial charge in [0.2, 0.25) is 0 Å². The van der Waals surface area contributed by atoms with Crippen LogP contribution in [0, 0.1) is 0 Å². The summed E-state index contributed by atoms with van der Waals surface area (Å²) in [7, 11) is 1.54. The molecule has 2 aromatic heterocycles. The van der Waals surface area contributed by atoms with Gasteiger partial charge in [0.05, 0.1) is 0 Å². The van der Waals surface area contributed by atoms with Crippen LogP contribution in [0.15, 0.2) is 59.7 Å². The van der Waals surface area contributed by atoms with Crippen LogP contribution >= 0.6 is 0 Å². The fourth-order valence-electron chi connectivity index (χ4n) is 2.23. The van der Waals surface area contributed by atoms with Crippen LogP contribution in [-0.2, 0) is 0 Å². The highest BCUT2D eigenvalue weighted by Crippen LogP contribution is 2.10. The van der Waals surface area contributed by atoms with Gasteiger partial charge in [0.25, 0.3) is 17.4 Å². The summed E-state index contributed by atoms with van der Waals surface area (Å²) in [5.74, 6) is -0.775. The van der Waals surface area contributed by atoms with Crippen molar-refractivity contribution in [2.45, 2.75) is 0 Å². The molecule has 0 aliphatic carbocycles. The number of amides is 2. The number of carbonyl (C=O) groups excluding carboxylic acids is 2. The molecule has 0 atom stereocenters. The summed E-state index contributed by atoms with van der Waals surface area (Å²) in [5.41, 5.74) is 0.913. The lowest BCUT2D eigenvalue weighted by atomic mass is 10.2. The zero-order chi connectivity index (χ0) is 17.1. The highest BCUT2D eigenvalue weighted by atomic mass is 16.2. The van der Waals surface area contributed by atoms with Crippen LogP contribution < -0.4 is 16.2 Å². The number of benzene rings is 1. The minimum absolute atomic E-state index is 0.0610. The Balaban J connectivity index is 1.86. The number of fused-ring (bicyclic) bond motifs is 1. The van der Waals surface area contributed by atoms with E-state index in [-0.39, 0.29) is 11.5 Å². The molecule has 0 spiro atoms. The highest BCUT2D eigenvalue weighted by molar-refractivity contribution is 6.04. The van der Waals surface area contributed by atoms with E-state index in [1.165, 1.54) is 17.6 Å². The molecule has 120 valence electrons. The Kier molecular flexibility index (Phi) is 4.07. The lowest BCUT2D eigenvalue weighted by Crippen LogP contribution is -2.26. The van der Waals surface area contributed by atoms with E-state index in [2.05, 4.69) is 15.6 Å². The van der Waals surface area contributed by atoms with Crippen molar-refractivity contribution in [3.63, 3.8) is 0 Å². The molecule has 0 saturated carbocycles. The number of anilines is 1. The van der Waals surface area contributed by atoms with Gasteiger partial charge < -0.3 is 10.6 Å². The normalized spacial score (nSPS) is 10.4. The molecule has 0 fully saturated rings. The van der Waals surface area contributed by atoms with Gasteiger partial charge in [0, 0.05) is 30.7 Å². The average Bonchev–Trinajstić information content (AvgIpc) is 2.62. The number of pyridine rings is 1. The Hall–Kier alpha value is -3.48. The van der Waals surface area contributed by atoms with Crippen molar-refractivity contribution in [3.8, 4) is 0 Å². The van der Waals surface area contributed by atoms with E-state index >= 15 is 0 Å². The minimum atomic E-state index is -0.557. The van der Waals surface area contributed by atoms with E-state index in [9.17, 15) is 14.4 Å². The first-order chi connectivity index (χ1) is 11.6. The molecule has 0 saturated heterocycles. The molecule has 3 rings (SSSR count). The SMILES string of the molecule is CNC(=O)c1ccc(NC(=O)c2cnc3ccccn3c2=O)cc1. The van der Waals surface area contributed by atoms with Crippen molar-refractivity contribution in [1.29, 1.82) is 0 Å². The molecule has 2 heterocycles. The molecule has 7 heteroatoms. The molecule has 0 radical (unpaired) electrons. The number of rotatable bonds is 3. The molecule has 0 unspecified atom stereocenters. The Morgan fingerprint density at radius 3 is 2.50 bits per heavy atom. The van der Waals surface area contributed by atoms with E-state index in [0.717, 1.165) is 0 Å². The van der Waals surface area contributed by atoms with Gasteiger partial charge in [-0.05, 0) is 36.4 Å². The minimum Gasteiger partial charge on any atom is -0.355 e. The Morgan fingerprint density at radius 1 is 1.04 bits per heavy atom. The smallest absolute Gasteiger partial charge is 0.270 e. The first-order valence-electron chi connectivity index (χ1n) is 7.20. The van der Waals surface area contributed by atoms with Crippen LogP contribution in [0.2, 0.25) is 0 Å². The summed E-state index contributed by atoms with van der Waals surface area (Å²) in [5, 5.41) is 5.14. The summed E-state index contributed by atoms with van der Waals surface area (Å²) in [6.07, 6.45) is 2.81. The molecule has 1 aromatic carbocycles. The van der Waals surface area contributed by atoms with E-state index in [1.54, 1.807) is 48.7 Å². The fraction of sp³-hybridized carbons (Fsp3) is 0.0588. The standard InChI is InChI=1S/C17H14N4O3/c1-18-15(22)11-5-7-12(8-6-11)20-16(23)13-10-19-14-4-2-3-9-21(14)17(13)24/h2-10H,1H3,(H,18,22)(H,20,23). The molecule has 0 bridgehead atoms. The predicted octanol–water partition coefficient (Wildman–Crippen LogP) is 1.31. The Labute approximate surface area is 137 Å². The van der Waals surface area contributed by atoms with Crippen LogP contribution in [-0.4, -0.2) is 28.2 Å². The van der Waals surface area contributed by atoms with Gasteiger partial charge in [0.15, 0.2) is 0 Å². The van der Waals surface area contributed by atoms with Gasteiger partial charge in [0.1, 0.15) is 11.2 Å². The maximum Gasteiger partial charge on any atom is 0.270 e. The van der Waals surface area contributed by atoms with Gasteiger partial charge in [-0.15, -0.1) is 0 Å². The zero-order valence-electron chi connectivity index (χ0n) is 12.8. The van der Waals surface area contributed by atoms with Gasteiger partial charge in [-0.1, -0.05) is 6.07 Å². The summed E-state index contributed by atoms with van der Waals surface area (Å²) in [6.45, 7) is 0. The first kappa shape index (κ1) is 15.4. The largest absolute Gasteiger partial charge is 0.355 e. The lowest BCUT2D eigenvalue weighted by Gasteiger charge is -2.07. The predicted molar refractivity (Wildman–Crippen MR) is 89.2 cm³/mol. The van der Waals surface area contributed by atoms with Crippen molar-refractivity contribution in [1.82, 2.24) is 14.7 Å². The van der Waals surface area contributed by atoms with Crippen LogP contribution in [0.25, 0.3) is 5.65 Å². The number of nitrogens with zero attached hydrogens (tertiary/aromatic N) is 2. The molecule has 2 N–H and O–H groups in total. The van der Waals surface area contributed by atoms with Gasteiger partial charge in [-0.3, -0.25) is 18.8 Å². The van der Waals surface area contributed by atoms with Gasteiger partial charge in [-0.25, -0.2) is 4.98 Å². The third-order valence-corrected chi connectivity index (χ3v) is 3.49. The second kappa shape index (κ2) is 6.33. The summed E-state index contributed by atoms with van der Waals surface area (Å²) in [4.78, 5) is 40.3. The van der Waals surface area contributed by atoms with Gasteiger partial charge >= 0.3 is 0 Å². The molecule has 7 nitrogen and oxygen atoms in total. The summed E-state index contributed by atoms with van der Waals surface area (Å²) < 4.78 is 1.31. The Morgan fingerprint density at radius 2 is 1.79 bits per heavy atom. The zero-order valence-corrected chi connectivity index (χ0v) is 12.8. The molecular formula is C17H14N4O3. The maximum absolute atomic E-state index is 12.4. The first-order valence-corrected chi connectivity index (χ1v) is 7.20. The molecule has 0 aliphatic rings. The second-order valence-corrected chi connectivity index (χ2v) is 5.02. The number of hydrogen-bond donors (Lipinski definition) is 2. The number of aromatic nitrogens is 2. The van der Waals surface area contributed by atoms with Crippen molar-refractivity contribution in [3.05, 3.63) is 76.3 Å². The topological polar surface area (TPSA) is 92.6 Å².